The Morgan fingerprint density at radius 3 is 2.40 bits per heavy atom. The van der Waals surface area contributed by atoms with E-state index in [0.717, 1.165) is 17.0 Å². The van der Waals surface area contributed by atoms with Gasteiger partial charge < -0.3 is 5.73 Å². The van der Waals surface area contributed by atoms with Gasteiger partial charge in [-0.05, 0) is 51.6 Å². The molecule has 0 aliphatic carbocycles. The Morgan fingerprint density at radius 2 is 1.90 bits per heavy atom. The molecule has 0 atom stereocenters. The molecule has 0 unspecified atom stereocenters. The van der Waals surface area contributed by atoms with Crippen LogP contribution in [0.2, 0.25) is 0 Å². The summed E-state index contributed by atoms with van der Waals surface area (Å²) >= 11 is 0. The molecule has 1 aromatic carbocycles. The third-order valence-corrected chi connectivity index (χ3v) is 4.87. The minimum absolute atomic E-state index is 0.116. The van der Waals surface area contributed by atoms with Gasteiger partial charge in [0.05, 0.1) is 11.4 Å². The SMILES string of the molecule is CNS(=O)(=O)c1cc(N)ccc1-n1nc(C)c(C)c1C. The number of aryl methyl sites for hydroxylation is 1. The summed E-state index contributed by atoms with van der Waals surface area (Å²) < 4.78 is 28.2. The summed E-state index contributed by atoms with van der Waals surface area (Å²) in [7, 11) is -2.24. The molecular weight excluding hydrogens is 276 g/mol. The summed E-state index contributed by atoms with van der Waals surface area (Å²) in [5.41, 5.74) is 9.39. The molecular formula is C13H18N4O2S. The van der Waals surface area contributed by atoms with Crippen LogP contribution in [0.4, 0.5) is 5.69 Å². The normalized spacial score (nSPS) is 11.8. The second-order valence-electron chi connectivity index (χ2n) is 4.64. The Morgan fingerprint density at radius 1 is 1.25 bits per heavy atom. The second-order valence-corrected chi connectivity index (χ2v) is 6.50. The molecule has 1 aromatic heterocycles. The van der Waals surface area contributed by atoms with Crippen LogP contribution < -0.4 is 10.5 Å². The average Bonchev–Trinajstić information content (AvgIpc) is 2.66. The van der Waals surface area contributed by atoms with E-state index in [9.17, 15) is 8.42 Å². The summed E-state index contributed by atoms with van der Waals surface area (Å²) in [6, 6.07) is 4.77. The van der Waals surface area contributed by atoms with Gasteiger partial charge in [-0.1, -0.05) is 0 Å². The largest absolute Gasteiger partial charge is 0.399 e. The van der Waals surface area contributed by atoms with Crippen molar-refractivity contribution < 1.29 is 8.42 Å². The quantitative estimate of drug-likeness (QED) is 0.835. The first-order valence-electron chi connectivity index (χ1n) is 6.14. The topological polar surface area (TPSA) is 90.0 Å². The molecule has 0 radical (unpaired) electrons. The number of nitrogens with two attached hydrogens (primary N) is 1. The van der Waals surface area contributed by atoms with Crippen LogP contribution >= 0.6 is 0 Å². The third kappa shape index (κ3) is 2.30. The van der Waals surface area contributed by atoms with Gasteiger partial charge >= 0.3 is 0 Å². The number of nitrogens with one attached hydrogen (secondary N) is 1. The lowest BCUT2D eigenvalue weighted by atomic mass is 10.2. The van der Waals surface area contributed by atoms with Crippen LogP contribution in [0.3, 0.4) is 0 Å². The molecule has 1 heterocycles. The summed E-state index contributed by atoms with van der Waals surface area (Å²) in [6.45, 7) is 5.75. The van der Waals surface area contributed by atoms with Gasteiger partial charge in [-0.2, -0.15) is 5.10 Å². The van der Waals surface area contributed by atoms with Crippen molar-refractivity contribution in [3.63, 3.8) is 0 Å². The number of rotatable bonds is 3. The zero-order valence-corrected chi connectivity index (χ0v) is 12.7. The van der Waals surface area contributed by atoms with Crippen LogP contribution in [0.5, 0.6) is 0 Å². The molecule has 2 aromatic rings. The number of hydrogen-bond donors (Lipinski definition) is 2. The number of nitrogen functional groups attached to an aromatic ring is 1. The molecule has 7 heteroatoms. The maximum atomic E-state index is 12.1. The number of anilines is 1. The van der Waals surface area contributed by atoms with Crippen molar-refractivity contribution in [3.05, 3.63) is 35.2 Å². The van der Waals surface area contributed by atoms with Crippen LogP contribution in [0.25, 0.3) is 5.69 Å². The van der Waals surface area contributed by atoms with Gasteiger partial charge in [0.1, 0.15) is 4.90 Å². The summed E-state index contributed by atoms with van der Waals surface area (Å²) in [4.78, 5) is 0.116. The fraction of sp³-hybridized carbons (Fsp3) is 0.308. The molecule has 108 valence electrons. The number of benzene rings is 1. The van der Waals surface area contributed by atoms with Gasteiger partial charge in [0.15, 0.2) is 0 Å². The van der Waals surface area contributed by atoms with Crippen LogP contribution in [0.1, 0.15) is 17.0 Å². The Kier molecular flexibility index (Phi) is 3.58. The first-order chi connectivity index (χ1) is 9.27. The van der Waals surface area contributed by atoms with Crippen LogP contribution in [-0.4, -0.2) is 25.2 Å². The summed E-state index contributed by atoms with van der Waals surface area (Å²) in [6.07, 6.45) is 0. The molecule has 0 saturated carbocycles. The van der Waals surface area contributed by atoms with Crippen LogP contribution in [-0.2, 0) is 10.0 Å². The molecule has 6 nitrogen and oxygen atoms in total. The first-order valence-corrected chi connectivity index (χ1v) is 7.62. The van der Waals surface area contributed by atoms with Crippen molar-refractivity contribution >= 4 is 15.7 Å². The molecule has 0 bridgehead atoms. The number of sulfonamides is 1. The Labute approximate surface area is 118 Å². The standard InChI is InChI=1S/C13H18N4O2S/c1-8-9(2)16-17(10(8)3)12-6-5-11(14)7-13(12)20(18,19)15-4/h5-7,15H,14H2,1-4H3. The van der Waals surface area contributed by atoms with Crippen molar-refractivity contribution in [2.45, 2.75) is 25.7 Å². The Bertz CT molecular complexity index is 763. The highest BCUT2D eigenvalue weighted by molar-refractivity contribution is 7.89. The fourth-order valence-electron chi connectivity index (χ4n) is 1.99. The van der Waals surface area contributed by atoms with E-state index in [0.29, 0.717) is 11.4 Å². The van der Waals surface area contributed by atoms with Crippen molar-refractivity contribution in [1.29, 1.82) is 0 Å². The van der Waals surface area contributed by atoms with Crippen molar-refractivity contribution in [3.8, 4) is 5.69 Å². The average molecular weight is 294 g/mol. The van der Waals surface area contributed by atoms with Crippen LogP contribution in [0, 0.1) is 20.8 Å². The van der Waals surface area contributed by atoms with E-state index in [1.165, 1.54) is 13.1 Å². The molecule has 0 fully saturated rings. The smallest absolute Gasteiger partial charge is 0.242 e. The van der Waals surface area contributed by atoms with Crippen molar-refractivity contribution in [1.82, 2.24) is 14.5 Å². The predicted octanol–water partition coefficient (Wildman–Crippen LogP) is 1.29. The van der Waals surface area contributed by atoms with E-state index >= 15 is 0 Å². The molecule has 20 heavy (non-hydrogen) atoms. The molecule has 0 amide bonds. The molecule has 3 N–H and O–H groups in total. The van der Waals surface area contributed by atoms with Crippen molar-refractivity contribution in [2.75, 3.05) is 12.8 Å². The maximum Gasteiger partial charge on any atom is 0.242 e. The van der Waals surface area contributed by atoms with E-state index in [-0.39, 0.29) is 4.90 Å². The number of hydrogen-bond acceptors (Lipinski definition) is 4. The number of aromatic nitrogens is 2. The molecule has 0 aliphatic heterocycles. The van der Waals surface area contributed by atoms with E-state index < -0.39 is 10.0 Å². The van der Waals surface area contributed by atoms with Gasteiger partial charge in [0.2, 0.25) is 10.0 Å². The predicted molar refractivity (Wildman–Crippen MR) is 78.4 cm³/mol. The van der Waals surface area contributed by atoms with E-state index in [1.54, 1.807) is 16.8 Å². The highest BCUT2D eigenvalue weighted by atomic mass is 32.2. The zero-order chi connectivity index (χ0) is 15.1. The fourth-order valence-corrected chi connectivity index (χ4v) is 2.93. The van der Waals surface area contributed by atoms with E-state index in [2.05, 4.69) is 9.82 Å². The van der Waals surface area contributed by atoms with Gasteiger partial charge in [0.25, 0.3) is 0 Å². The summed E-state index contributed by atoms with van der Waals surface area (Å²) in [5, 5.41) is 4.40. The zero-order valence-electron chi connectivity index (χ0n) is 11.9. The van der Waals surface area contributed by atoms with Gasteiger partial charge in [-0.3, -0.25) is 0 Å². The Hall–Kier alpha value is -1.86. The van der Waals surface area contributed by atoms with Crippen LogP contribution in [0.15, 0.2) is 23.1 Å². The maximum absolute atomic E-state index is 12.1. The summed E-state index contributed by atoms with van der Waals surface area (Å²) in [5.74, 6) is 0. The molecule has 0 spiro atoms. The van der Waals surface area contributed by atoms with Gasteiger partial charge in [0, 0.05) is 11.4 Å². The first kappa shape index (κ1) is 14.5. The lowest BCUT2D eigenvalue weighted by Crippen LogP contribution is -2.21. The van der Waals surface area contributed by atoms with E-state index in [4.69, 9.17) is 5.73 Å². The lowest BCUT2D eigenvalue weighted by molar-refractivity contribution is 0.587. The van der Waals surface area contributed by atoms with E-state index in [1.807, 2.05) is 20.8 Å². The highest BCUT2D eigenvalue weighted by Gasteiger charge is 2.20. The Balaban J connectivity index is 2.78. The minimum atomic E-state index is -3.61. The highest BCUT2D eigenvalue weighted by Crippen LogP contribution is 2.25. The molecule has 2 rings (SSSR count). The molecule has 0 aliphatic rings. The monoisotopic (exact) mass is 294 g/mol. The molecule has 0 saturated heterocycles. The van der Waals surface area contributed by atoms with Gasteiger partial charge in [-0.25, -0.2) is 17.8 Å². The van der Waals surface area contributed by atoms with Gasteiger partial charge in [-0.15, -0.1) is 0 Å². The number of nitrogens with zero attached hydrogens (tertiary/aromatic N) is 2. The van der Waals surface area contributed by atoms with Crippen molar-refractivity contribution in [2.24, 2.45) is 0 Å². The minimum Gasteiger partial charge on any atom is -0.399 e. The lowest BCUT2D eigenvalue weighted by Gasteiger charge is -2.12. The second kappa shape index (κ2) is 4.92. The third-order valence-electron chi connectivity index (χ3n) is 3.42.